The molecule has 25 heavy (non-hydrogen) atoms. The molecule has 2 atom stereocenters. The summed E-state index contributed by atoms with van der Waals surface area (Å²) >= 11 is 0. The van der Waals surface area contributed by atoms with Crippen molar-refractivity contribution in [2.75, 3.05) is 0 Å². The van der Waals surface area contributed by atoms with E-state index in [0.717, 1.165) is 61.4 Å². The van der Waals surface area contributed by atoms with E-state index < -0.39 is 0 Å². The molecule has 1 aliphatic carbocycles. The molecule has 132 valence electrons. The molecule has 2 heterocycles. The van der Waals surface area contributed by atoms with E-state index in [1.807, 2.05) is 11.6 Å². The summed E-state index contributed by atoms with van der Waals surface area (Å²) in [5.41, 5.74) is 1.99. The summed E-state index contributed by atoms with van der Waals surface area (Å²) in [6.45, 7) is 2.87. The first-order valence-corrected chi connectivity index (χ1v) is 8.93. The minimum absolute atomic E-state index is 0.130. The molecule has 0 spiro atoms. The molecule has 2 amide bonds. The van der Waals surface area contributed by atoms with E-state index in [4.69, 9.17) is 0 Å². The monoisotopic (exact) mass is 343 g/mol. The first kappa shape index (κ1) is 16.1. The normalized spacial score (nSPS) is 21.5. The molecule has 0 radical (unpaired) electrons. The van der Waals surface area contributed by atoms with Gasteiger partial charge in [0, 0.05) is 13.0 Å². The van der Waals surface area contributed by atoms with Crippen LogP contribution < -0.4 is 10.6 Å². The van der Waals surface area contributed by atoms with Crippen molar-refractivity contribution in [3.8, 4) is 0 Å². The average Bonchev–Trinajstić information content (AvgIpc) is 3.19. The van der Waals surface area contributed by atoms with Crippen molar-refractivity contribution in [3.05, 3.63) is 46.8 Å². The summed E-state index contributed by atoms with van der Waals surface area (Å²) < 4.78 is 15.4. The lowest BCUT2D eigenvalue weighted by atomic mass is 10.1. The first-order chi connectivity index (χ1) is 12.1. The number of carbonyl (C=O) groups excluding carboxylic acids is 1. The highest BCUT2D eigenvalue weighted by Gasteiger charge is 2.28. The van der Waals surface area contributed by atoms with Gasteiger partial charge in [0.2, 0.25) is 0 Å². The quantitative estimate of drug-likeness (QED) is 0.900. The molecule has 0 unspecified atom stereocenters. The number of nitrogens with zero attached hydrogens (tertiary/aromatic N) is 3. The van der Waals surface area contributed by atoms with E-state index >= 15 is 0 Å². The van der Waals surface area contributed by atoms with E-state index in [2.05, 4.69) is 20.7 Å². The molecule has 0 fully saturated rings. The molecule has 2 N–H and O–H groups in total. The lowest BCUT2D eigenvalue weighted by Gasteiger charge is -2.24. The molecule has 7 heteroatoms. The topological polar surface area (TPSA) is 71.8 Å². The lowest BCUT2D eigenvalue weighted by Crippen LogP contribution is -2.41. The van der Waals surface area contributed by atoms with Gasteiger partial charge >= 0.3 is 6.03 Å². The van der Waals surface area contributed by atoms with Crippen molar-refractivity contribution in [2.24, 2.45) is 0 Å². The smallest absolute Gasteiger partial charge is 0.315 e. The minimum atomic E-state index is -0.264. The fraction of sp³-hybridized carbons (Fsp3) is 0.500. The number of aromatic nitrogens is 3. The Bertz CT molecular complexity index is 803. The molecule has 0 saturated carbocycles. The molecular weight excluding hydrogens is 321 g/mol. The number of urea groups is 1. The van der Waals surface area contributed by atoms with E-state index in [-0.39, 0.29) is 23.9 Å². The van der Waals surface area contributed by atoms with Crippen LogP contribution in [-0.2, 0) is 19.4 Å². The second-order valence-electron chi connectivity index (χ2n) is 6.71. The van der Waals surface area contributed by atoms with Crippen molar-refractivity contribution in [1.29, 1.82) is 0 Å². The van der Waals surface area contributed by atoms with Gasteiger partial charge in [-0.15, -0.1) is 0 Å². The Balaban J connectivity index is 1.44. The first-order valence-electron chi connectivity index (χ1n) is 8.93. The van der Waals surface area contributed by atoms with E-state index in [1.54, 1.807) is 6.07 Å². The van der Waals surface area contributed by atoms with Crippen LogP contribution in [0.1, 0.15) is 61.0 Å². The zero-order valence-electron chi connectivity index (χ0n) is 14.3. The van der Waals surface area contributed by atoms with Crippen LogP contribution in [0.4, 0.5) is 9.18 Å². The third kappa shape index (κ3) is 3.10. The van der Waals surface area contributed by atoms with Crippen molar-refractivity contribution in [3.63, 3.8) is 0 Å². The number of hydrogen-bond donors (Lipinski definition) is 2. The molecule has 6 nitrogen and oxygen atoms in total. The summed E-state index contributed by atoms with van der Waals surface area (Å²) in [5, 5.41) is 10.5. The van der Waals surface area contributed by atoms with Crippen LogP contribution in [0.15, 0.2) is 18.2 Å². The van der Waals surface area contributed by atoms with E-state index in [0.29, 0.717) is 0 Å². The third-order valence-electron chi connectivity index (χ3n) is 5.03. The number of rotatable bonds is 3. The van der Waals surface area contributed by atoms with Crippen LogP contribution in [0, 0.1) is 5.82 Å². The number of benzene rings is 1. The SMILES string of the molecule is CCc1nc2n(n1)CCC[C@@H]2NC(=O)N[C@H]1CCc2ccc(F)cc21. The molecular formula is C18H22FN5O. The maximum Gasteiger partial charge on any atom is 0.315 e. The highest BCUT2D eigenvalue weighted by Crippen LogP contribution is 2.31. The van der Waals surface area contributed by atoms with Gasteiger partial charge in [0.05, 0.1) is 12.1 Å². The summed E-state index contributed by atoms with van der Waals surface area (Å²) in [6.07, 6.45) is 4.25. The Labute approximate surface area is 145 Å². The molecule has 4 rings (SSSR count). The van der Waals surface area contributed by atoms with Crippen molar-refractivity contribution in [2.45, 2.75) is 57.7 Å². The van der Waals surface area contributed by atoms with Gasteiger partial charge in [-0.2, -0.15) is 5.10 Å². The van der Waals surface area contributed by atoms with Gasteiger partial charge in [-0.25, -0.2) is 18.9 Å². The number of nitrogens with one attached hydrogen (secondary N) is 2. The number of carbonyl (C=O) groups is 1. The summed E-state index contributed by atoms with van der Waals surface area (Å²) in [5.74, 6) is 1.38. The summed E-state index contributed by atoms with van der Waals surface area (Å²) in [7, 11) is 0. The van der Waals surface area contributed by atoms with Gasteiger partial charge < -0.3 is 10.6 Å². The van der Waals surface area contributed by atoms with E-state index in [9.17, 15) is 9.18 Å². The molecule has 0 saturated heterocycles. The van der Waals surface area contributed by atoms with Crippen LogP contribution in [0.5, 0.6) is 0 Å². The summed E-state index contributed by atoms with van der Waals surface area (Å²) in [4.78, 5) is 17.0. The Morgan fingerprint density at radius 1 is 1.32 bits per heavy atom. The molecule has 0 bridgehead atoms. The zero-order valence-corrected chi connectivity index (χ0v) is 14.3. The summed E-state index contributed by atoms with van der Waals surface area (Å²) in [6, 6.07) is 4.30. The number of halogens is 1. The van der Waals surface area contributed by atoms with Gasteiger partial charge in [0.25, 0.3) is 0 Å². The van der Waals surface area contributed by atoms with Gasteiger partial charge in [-0.3, -0.25) is 0 Å². The van der Waals surface area contributed by atoms with Crippen molar-refractivity contribution >= 4 is 6.03 Å². The highest BCUT2D eigenvalue weighted by molar-refractivity contribution is 5.75. The predicted octanol–water partition coefficient (Wildman–Crippen LogP) is 2.80. The Morgan fingerprint density at radius 3 is 3.00 bits per heavy atom. The largest absolute Gasteiger partial charge is 0.331 e. The van der Waals surface area contributed by atoms with E-state index in [1.165, 1.54) is 12.1 Å². The van der Waals surface area contributed by atoms with Crippen LogP contribution in [-0.4, -0.2) is 20.8 Å². The molecule has 2 aliphatic rings. The van der Waals surface area contributed by atoms with Crippen molar-refractivity contribution in [1.82, 2.24) is 25.4 Å². The van der Waals surface area contributed by atoms with Crippen molar-refractivity contribution < 1.29 is 9.18 Å². The number of hydrogen-bond acceptors (Lipinski definition) is 3. The zero-order chi connectivity index (χ0) is 17.4. The Hall–Kier alpha value is -2.44. The maximum absolute atomic E-state index is 13.5. The fourth-order valence-electron chi connectivity index (χ4n) is 3.77. The van der Waals surface area contributed by atoms with Crippen LogP contribution in [0.2, 0.25) is 0 Å². The molecule has 1 aliphatic heterocycles. The maximum atomic E-state index is 13.5. The fourth-order valence-corrected chi connectivity index (χ4v) is 3.77. The van der Waals surface area contributed by atoms with Gasteiger partial charge in [-0.05, 0) is 48.9 Å². The van der Waals surface area contributed by atoms with Gasteiger partial charge in [-0.1, -0.05) is 13.0 Å². The van der Waals surface area contributed by atoms with Gasteiger partial charge in [0.15, 0.2) is 5.82 Å². The second kappa shape index (κ2) is 6.46. The molecule has 1 aromatic carbocycles. The van der Waals surface area contributed by atoms with Crippen LogP contribution in [0.3, 0.4) is 0 Å². The number of aryl methyl sites for hydroxylation is 3. The Kier molecular flexibility index (Phi) is 4.15. The lowest BCUT2D eigenvalue weighted by molar-refractivity contribution is 0.229. The number of amides is 2. The van der Waals surface area contributed by atoms with Gasteiger partial charge in [0.1, 0.15) is 11.6 Å². The minimum Gasteiger partial charge on any atom is -0.331 e. The highest BCUT2D eigenvalue weighted by atomic mass is 19.1. The second-order valence-corrected chi connectivity index (χ2v) is 6.71. The Morgan fingerprint density at radius 2 is 2.16 bits per heavy atom. The standard InChI is InChI=1S/C18H22FN5O/c1-2-16-22-17-15(4-3-9-24(17)23-16)21-18(25)20-14-8-6-11-5-7-12(19)10-13(11)14/h5,7,10,14-15H,2-4,6,8-9H2,1H3,(H2,20,21,25)/t14-,15-/m0/s1. The van der Waals surface area contributed by atoms with Crippen LogP contribution >= 0.6 is 0 Å². The molecule has 1 aromatic heterocycles. The molecule has 2 aromatic rings. The van der Waals surface area contributed by atoms with Crippen LogP contribution in [0.25, 0.3) is 0 Å². The third-order valence-corrected chi connectivity index (χ3v) is 5.03. The average molecular weight is 343 g/mol. The number of fused-ring (bicyclic) bond motifs is 2. The predicted molar refractivity (Wildman–Crippen MR) is 90.5 cm³/mol.